The van der Waals surface area contributed by atoms with Gasteiger partial charge in [-0.2, -0.15) is 0 Å². The summed E-state index contributed by atoms with van der Waals surface area (Å²) in [7, 11) is 0. The molecule has 1 aliphatic heterocycles. The van der Waals surface area contributed by atoms with Gasteiger partial charge in [-0.3, -0.25) is 9.74 Å². The fraction of sp³-hybridized carbons (Fsp3) is 0.889. The fourth-order valence-electron chi connectivity index (χ4n) is 1.52. The van der Waals surface area contributed by atoms with Gasteiger partial charge in [0.05, 0.1) is 6.10 Å². The third-order valence-corrected chi connectivity index (χ3v) is 2.18. The molecular weight excluding hydrogens is 184 g/mol. The Bertz CT molecular complexity index is 196. The summed E-state index contributed by atoms with van der Waals surface area (Å²) in [5.41, 5.74) is 0. The molecule has 82 valence electrons. The van der Waals surface area contributed by atoms with E-state index in [0.717, 1.165) is 19.3 Å². The second kappa shape index (κ2) is 5.17. The molecule has 1 atom stereocenters. The first-order valence-corrected chi connectivity index (χ1v) is 4.98. The number of piperidine rings is 1. The number of nitrogens with zero attached hydrogens (tertiary/aromatic N) is 1. The van der Waals surface area contributed by atoms with Gasteiger partial charge in [0.1, 0.15) is 0 Å². The molecule has 1 heterocycles. The highest BCUT2D eigenvalue weighted by Gasteiger charge is 2.28. The summed E-state index contributed by atoms with van der Waals surface area (Å²) in [4.78, 5) is 17.8. The predicted octanol–water partition coefficient (Wildman–Crippen LogP) is 1.23. The van der Waals surface area contributed by atoms with E-state index >= 15 is 0 Å². The number of hydrogen-bond acceptors (Lipinski definition) is 4. The number of likely N-dealkylation sites (tertiary alicyclic amines) is 1. The van der Waals surface area contributed by atoms with Crippen LogP contribution in [-0.2, 0) is 9.57 Å². The molecule has 1 unspecified atom stereocenters. The van der Waals surface area contributed by atoms with Crippen LogP contribution in [0, 0.1) is 0 Å². The lowest BCUT2D eigenvalue weighted by atomic mass is 10.1. The van der Waals surface area contributed by atoms with E-state index in [1.807, 2.05) is 13.8 Å². The number of amides is 1. The number of carbonyl (C=O) groups excluding carboxylic acids is 1. The molecule has 0 spiro atoms. The zero-order valence-corrected chi connectivity index (χ0v) is 8.73. The maximum atomic E-state index is 11.5. The fourth-order valence-corrected chi connectivity index (χ4v) is 1.52. The summed E-state index contributed by atoms with van der Waals surface area (Å²) in [6, 6.07) is 0. The van der Waals surface area contributed by atoms with E-state index in [-0.39, 0.29) is 18.4 Å². The number of nitrogens with two attached hydrogens (primary N) is 1. The minimum Gasteiger partial charge on any atom is -0.447 e. The van der Waals surface area contributed by atoms with Crippen molar-refractivity contribution in [1.82, 2.24) is 4.90 Å². The summed E-state index contributed by atoms with van der Waals surface area (Å²) >= 11 is 0. The van der Waals surface area contributed by atoms with E-state index in [4.69, 9.17) is 15.5 Å². The van der Waals surface area contributed by atoms with Crippen LogP contribution in [0.1, 0.15) is 33.1 Å². The van der Waals surface area contributed by atoms with Crippen LogP contribution < -0.4 is 5.90 Å². The maximum absolute atomic E-state index is 11.5. The minimum absolute atomic E-state index is 0.108. The lowest BCUT2D eigenvalue weighted by Gasteiger charge is -2.33. The molecule has 0 radical (unpaired) electrons. The van der Waals surface area contributed by atoms with Crippen molar-refractivity contribution in [3.8, 4) is 0 Å². The van der Waals surface area contributed by atoms with E-state index in [1.54, 1.807) is 4.90 Å². The Hall–Kier alpha value is -0.810. The first kappa shape index (κ1) is 11.3. The molecule has 1 rings (SSSR count). The Morgan fingerprint density at radius 2 is 2.21 bits per heavy atom. The molecular formula is C9H18N2O3. The predicted molar refractivity (Wildman–Crippen MR) is 51.2 cm³/mol. The number of hydrogen-bond donors (Lipinski definition) is 1. The highest BCUT2D eigenvalue weighted by atomic mass is 16.6. The van der Waals surface area contributed by atoms with Crippen LogP contribution in [0.3, 0.4) is 0 Å². The lowest BCUT2D eigenvalue weighted by molar-refractivity contribution is -0.0768. The molecule has 0 aliphatic carbocycles. The normalized spacial score (nSPS) is 22.6. The smallest absolute Gasteiger partial charge is 0.412 e. The summed E-state index contributed by atoms with van der Waals surface area (Å²) < 4.78 is 5.07. The summed E-state index contributed by atoms with van der Waals surface area (Å²) in [6.45, 7) is 4.30. The van der Waals surface area contributed by atoms with Crippen molar-refractivity contribution in [2.24, 2.45) is 5.90 Å². The van der Waals surface area contributed by atoms with Gasteiger partial charge in [-0.25, -0.2) is 10.7 Å². The molecule has 1 aliphatic rings. The third kappa shape index (κ3) is 2.85. The van der Waals surface area contributed by atoms with Crippen LogP contribution in [0.5, 0.6) is 0 Å². The van der Waals surface area contributed by atoms with E-state index in [1.165, 1.54) is 0 Å². The first-order valence-electron chi connectivity index (χ1n) is 4.98. The average Bonchev–Trinajstić information content (AvgIpc) is 2.16. The van der Waals surface area contributed by atoms with Crippen molar-refractivity contribution in [2.75, 3.05) is 6.54 Å². The van der Waals surface area contributed by atoms with Gasteiger partial charge in [-0.05, 0) is 33.1 Å². The van der Waals surface area contributed by atoms with Crippen molar-refractivity contribution in [2.45, 2.75) is 45.4 Å². The highest BCUT2D eigenvalue weighted by molar-refractivity contribution is 5.68. The molecule has 0 aromatic heterocycles. The van der Waals surface area contributed by atoms with Gasteiger partial charge < -0.3 is 4.74 Å². The summed E-state index contributed by atoms with van der Waals surface area (Å²) in [5, 5.41) is 0. The molecule has 0 aromatic rings. The second-order valence-corrected chi connectivity index (χ2v) is 3.71. The monoisotopic (exact) mass is 202 g/mol. The zero-order valence-electron chi connectivity index (χ0n) is 8.73. The Balaban J connectivity index is 2.50. The SMILES string of the molecule is CC(C)OC(=O)N1CCCCC1ON. The second-order valence-electron chi connectivity index (χ2n) is 3.71. The third-order valence-electron chi connectivity index (χ3n) is 2.18. The van der Waals surface area contributed by atoms with Crippen LogP contribution in [0.25, 0.3) is 0 Å². The Labute approximate surface area is 84.1 Å². The average molecular weight is 202 g/mol. The van der Waals surface area contributed by atoms with Gasteiger partial charge in [0.2, 0.25) is 0 Å². The van der Waals surface area contributed by atoms with Crippen LogP contribution in [0.2, 0.25) is 0 Å². The Morgan fingerprint density at radius 1 is 1.50 bits per heavy atom. The number of carbonyl (C=O) groups is 1. The van der Waals surface area contributed by atoms with Gasteiger partial charge in [-0.15, -0.1) is 0 Å². The number of ether oxygens (including phenoxy) is 1. The molecule has 14 heavy (non-hydrogen) atoms. The van der Waals surface area contributed by atoms with E-state index in [9.17, 15) is 4.79 Å². The summed E-state index contributed by atoms with van der Waals surface area (Å²) in [6.07, 6.45) is 2.03. The van der Waals surface area contributed by atoms with E-state index < -0.39 is 0 Å². The van der Waals surface area contributed by atoms with Gasteiger partial charge >= 0.3 is 6.09 Å². The molecule has 1 amide bonds. The molecule has 0 bridgehead atoms. The molecule has 0 saturated carbocycles. The maximum Gasteiger partial charge on any atom is 0.412 e. The van der Waals surface area contributed by atoms with E-state index in [0.29, 0.717) is 6.54 Å². The molecule has 5 heteroatoms. The van der Waals surface area contributed by atoms with Crippen LogP contribution in [0.15, 0.2) is 0 Å². The topological polar surface area (TPSA) is 64.8 Å². The highest BCUT2D eigenvalue weighted by Crippen LogP contribution is 2.17. The molecule has 2 N–H and O–H groups in total. The summed E-state index contributed by atoms with van der Waals surface area (Å²) in [5.74, 6) is 5.11. The Morgan fingerprint density at radius 3 is 2.79 bits per heavy atom. The minimum atomic E-state index is -0.338. The van der Waals surface area contributed by atoms with Crippen molar-refractivity contribution in [3.05, 3.63) is 0 Å². The van der Waals surface area contributed by atoms with Crippen LogP contribution in [0.4, 0.5) is 4.79 Å². The first-order chi connectivity index (χ1) is 6.65. The van der Waals surface area contributed by atoms with Crippen molar-refractivity contribution >= 4 is 6.09 Å². The van der Waals surface area contributed by atoms with Crippen molar-refractivity contribution in [3.63, 3.8) is 0 Å². The van der Waals surface area contributed by atoms with Gasteiger partial charge in [0.25, 0.3) is 0 Å². The van der Waals surface area contributed by atoms with Crippen LogP contribution >= 0.6 is 0 Å². The largest absolute Gasteiger partial charge is 0.447 e. The lowest BCUT2D eigenvalue weighted by Crippen LogP contribution is -2.47. The van der Waals surface area contributed by atoms with Gasteiger partial charge in [-0.1, -0.05) is 0 Å². The van der Waals surface area contributed by atoms with E-state index in [2.05, 4.69) is 0 Å². The standard InChI is InChI=1S/C9H18N2O3/c1-7(2)13-9(12)11-6-4-3-5-8(11)14-10/h7-8H,3-6,10H2,1-2H3. The molecule has 0 aromatic carbocycles. The molecule has 5 nitrogen and oxygen atoms in total. The molecule has 1 fully saturated rings. The quantitative estimate of drug-likeness (QED) is 0.684. The van der Waals surface area contributed by atoms with Crippen molar-refractivity contribution < 1.29 is 14.4 Å². The zero-order chi connectivity index (χ0) is 10.6. The van der Waals surface area contributed by atoms with Crippen LogP contribution in [-0.4, -0.2) is 29.9 Å². The number of rotatable bonds is 2. The van der Waals surface area contributed by atoms with Gasteiger partial charge in [0.15, 0.2) is 6.23 Å². The Kier molecular flexibility index (Phi) is 4.16. The van der Waals surface area contributed by atoms with Gasteiger partial charge in [0, 0.05) is 6.54 Å². The molecule has 1 saturated heterocycles. The van der Waals surface area contributed by atoms with Crippen molar-refractivity contribution in [1.29, 1.82) is 0 Å².